The van der Waals surface area contributed by atoms with E-state index in [4.69, 9.17) is 16.3 Å². The molecule has 0 saturated heterocycles. The lowest BCUT2D eigenvalue weighted by Crippen LogP contribution is -2.44. The fourth-order valence-electron chi connectivity index (χ4n) is 2.90. The molecule has 6 heteroatoms. The number of fused-ring (bicyclic) bond motifs is 1. The van der Waals surface area contributed by atoms with E-state index in [0.29, 0.717) is 35.1 Å². The fourth-order valence-corrected chi connectivity index (χ4v) is 3.09. The Morgan fingerprint density at radius 1 is 1.27 bits per heavy atom. The molecule has 0 fully saturated rings. The second-order valence-corrected chi connectivity index (χ2v) is 6.66. The van der Waals surface area contributed by atoms with Crippen LogP contribution in [0.2, 0.25) is 5.02 Å². The molecular formula is C20H21ClN2O3. The molecule has 1 aliphatic heterocycles. The molecule has 0 bridgehead atoms. The minimum absolute atomic E-state index is 0.0541. The van der Waals surface area contributed by atoms with Crippen LogP contribution in [0.4, 0.5) is 11.4 Å². The molecule has 0 aromatic heterocycles. The van der Waals surface area contributed by atoms with Crippen molar-refractivity contribution in [1.29, 1.82) is 0 Å². The van der Waals surface area contributed by atoms with Crippen LogP contribution in [0.5, 0.6) is 5.75 Å². The van der Waals surface area contributed by atoms with E-state index in [9.17, 15) is 9.59 Å². The second kappa shape index (κ2) is 7.79. The van der Waals surface area contributed by atoms with Crippen molar-refractivity contribution in [3.05, 3.63) is 53.1 Å². The number of carbonyl (C=O) groups excluding carboxylic acids is 2. The number of nitrogens with zero attached hydrogens (tertiary/aromatic N) is 1. The van der Waals surface area contributed by atoms with Crippen LogP contribution in [-0.4, -0.2) is 17.9 Å². The zero-order valence-corrected chi connectivity index (χ0v) is 15.5. The van der Waals surface area contributed by atoms with E-state index in [1.807, 2.05) is 25.1 Å². The summed E-state index contributed by atoms with van der Waals surface area (Å²) in [5, 5.41) is 3.46. The highest BCUT2D eigenvalue weighted by atomic mass is 35.5. The summed E-state index contributed by atoms with van der Waals surface area (Å²) in [6.07, 6.45) is 0.645. The highest BCUT2D eigenvalue weighted by Gasteiger charge is 2.32. The summed E-state index contributed by atoms with van der Waals surface area (Å²) in [7, 11) is 0. The van der Waals surface area contributed by atoms with Crippen LogP contribution in [0.1, 0.15) is 32.3 Å². The SMILES string of the molecule is CCCC(=O)Nc1ccc2c(c1)N(Cc1ccccc1Cl)C(=O)C(C)O2. The molecule has 136 valence electrons. The van der Waals surface area contributed by atoms with E-state index in [-0.39, 0.29) is 11.8 Å². The quantitative estimate of drug-likeness (QED) is 0.846. The van der Waals surface area contributed by atoms with Crippen molar-refractivity contribution in [2.75, 3.05) is 10.2 Å². The van der Waals surface area contributed by atoms with Gasteiger partial charge in [-0.25, -0.2) is 0 Å². The average Bonchev–Trinajstić information content (AvgIpc) is 2.61. The van der Waals surface area contributed by atoms with Crippen molar-refractivity contribution < 1.29 is 14.3 Å². The first-order valence-electron chi connectivity index (χ1n) is 8.65. The Morgan fingerprint density at radius 3 is 2.77 bits per heavy atom. The van der Waals surface area contributed by atoms with Crippen LogP contribution in [-0.2, 0) is 16.1 Å². The van der Waals surface area contributed by atoms with Gasteiger partial charge in [0, 0.05) is 17.1 Å². The number of rotatable bonds is 5. The van der Waals surface area contributed by atoms with Gasteiger partial charge in [0.1, 0.15) is 5.75 Å². The molecule has 1 N–H and O–H groups in total. The zero-order chi connectivity index (χ0) is 18.7. The molecule has 5 nitrogen and oxygen atoms in total. The Bertz CT molecular complexity index is 838. The third-order valence-electron chi connectivity index (χ3n) is 4.21. The summed E-state index contributed by atoms with van der Waals surface area (Å²) in [6.45, 7) is 4.01. The van der Waals surface area contributed by atoms with Crippen molar-refractivity contribution in [2.45, 2.75) is 39.3 Å². The predicted molar refractivity (Wildman–Crippen MR) is 103 cm³/mol. The molecule has 26 heavy (non-hydrogen) atoms. The van der Waals surface area contributed by atoms with Crippen LogP contribution in [0.3, 0.4) is 0 Å². The van der Waals surface area contributed by atoms with E-state index >= 15 is 0 Å². The van der Waals surface area contributed by atoms with Crippen molar-refractivity contribution in [1.82, 2.24) is 0 Å². The Morgan fingerprint density at radius 2 is 2.04 bits per heavy atom. The van der Waals surface area contributed by atoms with Crippen LogP contribution in [0.25, 0.3) is 0 Å². The summed E-state index contributed by atoms with van der Waals surface area (Å²) in [5.74, 6) is 0.411. The van der Waals surface area contributed by atoms with Crippen LogP contribution in [0, 0.1) is 0 Å². The minimum Gasteiger partial charge on any atom is -0.479 e. The van der Waals surface area contributed by atoms with Crippen LogP contribution in [0.15, 0.2) is 42.5 Å². The van der Waals surface area contributed by atoms with Gasteiger partial charge in [-0.15, -0.1) is 0 Å². The Kier molecular flexibility index (Phi) is 5.47. The topological polar surface area (TPSA) is 58.6 Å². The largest absolute Gasteiger partial charge is 0.479 e. The first-order chi connectivity index (χ1) is 12.5. The maximum absolute atomic E-state index is 12.7. The molecule has 0 aliphatic carbocycles. The van der Waals surface area contributed by atoms with Gasteiger partial charge < -0.3 is 15.0 Å². The number of anilines is 2. The number of amides is 2. The molecule has 0 saturated carbocycles. The number of hydrogen-bond acceptors (Lipinski definition) is 3. The third-order valence-corrected chi connectivity index (χ3v) is 4.58. The average molecular weight is 373 g/mol. The van der Waals surface area contributed by atoms with Gasteiger partial charge in [-0.2, -0.15) is 0 Å². The van der Waals surface area contributed by atoms with Crippen LogP contribution >= 0.6 is 11.6 Å². The van der Waals surface area contributed by atoms with E-state index in [0.717, 1.165) is 12.0 Å². The van der Waals surface area contributed by atoms with E-state index in [1.54, 1.807) is 36.1 Å². The molecular weight excluding hydrogens is 352 g/mol. The first kappa shape index (κ1) is 18.3. The van der Waals surface area contributed by atoms with E-state index in [1.165, 1.54) is 0 Å². The maximum atomic E-state index is 12.7. The summed E-state index contributed by atoms with van der Waals surface area (Å²) < 4.78 is 5.71. The summed E-state index contributed by atoms with van der Waals surface area (Å²) in [4.78, 5) is 26.2. The van der Waals surface area contributed by atoms with Crippen molar-refractivity contribution in [2.24, 2.45) is 0 Å². The smallest absolute Gasteiger partial charge is 0.268 e. The zero-order valence-electron chi connectivity index (χ0n) is 14.8. The van der Waals surface area contributed by atoms with Crippen molar-refractivity contribution in [3.63, 3.8) is 0 Å². The molecule has 1 aliphatic rings. The third kappa shape index (κ3) is 3.83. The molecule has 3 rings (SSSR count). The lowest BCUT2D eigenvalue weighted by atomic mass is 10.1. The molecule has 2 amide bonds. The van der Waals surface area contributed by atoms with Gasteiger partial charge in [0.15, 0.2) is 6.10 Å². The predicted octanol–water partition coefficient (Wildman–Crippen LogP) is 4.39. The number of halogens is 1. The Labute approximate surface area is 157 Å². The molecule has 1 heterocycles. The standard InChI is InChI=1S/C20H21ClN2O3/c1-3-6-19(24)22-15-9-10-18-17(11-15)23(20(25)13(2)26-18)12-14-7-4-5-8-16(14)21/h4-5,7-11,13H,3,6,12H2,1-2H3,(H,22,24). The van der Waals surface area contributed by atoms with Gasteiger partial charge in [0.2, 0.25) is 5.91 Å². The Balaban J connectivity index is 1.94. The number of carbonyl (C=O) groups is 2. The van der Waals surface area contributed by atoms with E-state index in [2.05, 4.69) is 5.32 Å². The van der Waals surface area contributed by atoms with Gasteiger partial charge >= 0.3 is 0 Å². The number of hydrogen-bond donors (Lipinski definition) is 1. The molecule has 2 aromatic rings. The fraction of sp³-hybridized carbons (Fsp3) is 0.300. The van der Waals surface area contributed by atoms with Gasteiger partial charge in [0.25, 0.3) is 5.91 Å². The summed E-state index contributed by atoms with van der Waals surface area (Å²) in [6, 6.07) is 12.8. The molecule has 1 atom stereocenters. The minimum atomic E-state index is -0.578. The van der Waals surface area contributed by atoms with E-state index < -0.39 is 6.10 Å². The second-order valence-electron chi connectivity index (χ2n) is 6.26. The van der Waals surface area contributed by atoms with Crippen molar-refractivity contribution >= 4 is 34.8 Å². The lowest BCUT2D eigenvalue weighted by Gasteiger charge is -2.33. The number of ether oxygens (including phenoxy) is 1. The molecule has 2 aromatic carbocycles. The monoisotopic (exact) mass is 372 g/mol. The highest BCUT2D eigenvalue weighted by molar-refractivity contribution is 6.31. The van der Waals surface area contributed by atoms with Crippen LogP contribution < -0.4 is 15.0 Å². The van der Waals surface area contributed by atoms with Gasteiger partial charge in [0.05, 0.1) is 12.2 Å². The Hall–Kier alpha value is -2.53. The van der Waals surface area contributed by atoms with Gasteiger partial charge in [-0.05, 0) is 43.2 Å². The van der Waals surface area contributed by atoms with Gasteiger partial charge in [-0.3, -0.25) is 9.59 Å². The number of benzene rings is 2. The first-order valence-corrected chi connectivity index (χ1v) is 9.02. The molecule has 0 spiro atoms. The lowest BCUT2D eigenvalue weighted by molar-refractivity contribution is -0.125. The highest BCUT2D eigenvalue weighted by Crippen LogP contribution is 2.37. The summed E-state index contributed by atoms with van der Waals surface area (Å²) >= 11 is 6.26. The normalized spacial score (nSPS) is 16.0. The summed E-state index contributed by atoms with van der Waals surface area (Å²) in [5.41, 5.74) is 2.11. The maximum Gasteiger partial charge on any atom is 0.268 e. The molecule has 0 radical (unpaired) electrons. The number of nitrogens with one attached hydrogen (secondary N) is 1. The van der Waals surface area contributed by atoms with Crippen molar-refractivity contribution in [3.8, 4) is 5.75 Å². The molecule has 1 unspecified atom stereocenters. The van der Waals surface area contributed by atoms with Gasteiger partial charge in [-0.1, -0.05) is 36.7 Å².